The average Bonchev–Trinajstić information content (AvgIpc) is 2.30. The van der Waals surface area contributed by atoms with Crippen LogP contribution in [0.1, 0.15) is 11.1 Å². The van der Waals surface area contributed by atoms with E-state index in [4.69, 9.17) is 11.6 Å². The molecule has 2 aromatic carbocycles. The minimum absolute atomic E-state index is 0.292. The first-order valence-corrected chi connectivity index (χ1v) is 6.51. The van der Waals surface area contributed by atoms with E-state index in [0.717, 1.165) is 22.9 Å². The molecule has 0 aliphatic rings. The lowest BCUT2D eigenvalue weighted by Crippen LogP contribution is -1.93. The molecule has 0 nitrogen and oxygen atoms in total. The van der Waals surface area contributed by atoms with Crippen molar-refractivity contribution in [1.29, 1.82) is 0 Å². The molecule has 0 spiro atoms. The van der Waals surface area contributed by atoms with Gasteiger partial charge in [0.2, 0.25) is 0 Å². The molecule has 2 aromatic rings. The maximum absolute atomic E-state index is 12.9. The fraction of sp³-hybridized carbons (Fsp3) is 0.143. The van der Waals surface area contributed by atoms with Crippen molar-refractivity contribution >= 4 is 27.5 Å². The van der Waals surface area contributed by atoms with Crippen LogP contribution in [0.25, 0.3) is 0 Å². The highest BCUT2D eigenvalue weighted by Gasteiger charge is 2.04. The average molecular weight is 314 g/mol. The van der Waals surface area contributed by atoms with Gasteiger partial charge < -0.3 is 0 Å². The van der Waals surface area contributed by atoms with Gasteiger partial charge in [-0.05, 0) is 42.2 Å². The van der Waals surface area contributed by atoms with Crippen molar-refractivity contribution < 1.29 is 4.39 Å². The predicted octanol–water partition coefficient (Wildman–Crippen LogP) is 5.03. The number of halogens is 3. The first kappa shape index (κ1) is 12.6. The summed E-state index contributed by atoms with van der Waals surface area (Å²) in [5.41, 5.74) is 2.21. The Balaban J connectivity index is 2.10. The zero-order valence-electron chi connectivity index (χ0n) is 9.09. The first-order chi connectivity index (χ1) is 8.16. The summed E-state index contributed by atoms with van der Waals surface area (Å²) in [7, 11) is 0. The smallest absolute Gasteiger partial charge is 0.124 e. The highest BCUT2D eigenvalue weighted by molar-refractivity contribution is 9.10. The van der Waals surface area contributed by atoms with E-state index in [1.54, 1.807) is 6.07 Å². The highest BCUT2D eigenvalue weighted by atomic mass is 79.9. The summed E-state index contributed by atoms with van der Waals surface area (Å²) >= 11 is 9.49. The zero-order chi connectivity index (χ0) is 12.3. The molecule has 0 bridgehead atoms. The molecule has 17 heavy (non-hydrogen) atoms. The maximum atomic E-state index is 12.9. The zero-order valence-corrected chi connectivity index (χ0v) is 11.4. The van der Waals surface area contributed by atoms with Crippen LogP contribution in [0.3, 0.4) is 0 Å². The van der Waals surface area contributed by atoms with Gasteiger partial charge in [-0.25, -0.2) is 4.39 Å². The van der Waals surface area contributed by atoms with Crippen LogP contribution in [-0.2, 0) is 12.8 Å². The molecule has 0 unspecified atom stereocenters. The molecule has 0 saturated heterocycles. The molecule has 0 aliphatic carbocycles. The van der Waals surface area contributed by atoms with Crippen molar-refractivity contribution in [2.24, 2.45) is 0 Å². The van der Waals surface area contributed by atoms with E-state index in [9.17, 15) is 4.39 Å². The van der Waals surface area contributed by atoms with Gasteiger partial charge in [0.05, 0.1) is 0 Å². The van der Waals surface area contributed by atoms with E-state index in [1.165, 1.54) is 17.7 Å². The topological polar surface area (TPSA) is 0 Å². The summed E-state index contributed by atoms with van der Waals surface area (Å²) < 4.78 is 14.0. The third-order valence-electron chi connectivity index (χ3n) is 2.64. The lowest BCUT2D eigenvalue weighted by molar-refractivity contribution is 0.627. The fourth-order valence-corrected chi connectivity index (χ4v) is 2.44. The third-order valence-corrected chi connectivity index (χ3v) is 3.76. The van der Waals surface area contributed by atoms with Gasteiger partial charge in [-0.2, -0.15) is 0 Å². The molecule has 88 valence electrons. The summed E-state index contributed by atoms with van der Waals surface area (Å²) in [6, 6.07) is 12.6. The predicted molar refractivity (Wildman–Crippen MR) is 73.0 cm³/mol. The molecule has 0 atom stereocenters. The standard InChI is InChI=1S/C14H11BrClF/c15-13-4-2-1-3-10(13)5-6-11-7-8-12(17)9-14(11)16/h1-4,7-9H,5-6H2. The normalized spacial score (nSPS) is 10.5. The molecule has 2 rings (SSSR count). The van der Waals surface area contributed by atoms with E-state index in [2.05, 4.69) is 22.0 Å². The van der Waals surface area contributed by atoms with Gasteiger partial charge in [0.25, 0.3) is 0 Å². The Hall–Kier alpha value is -0.860. The van der Waals surface area contributed by atoms with Gasteiger partial charge in [0.15, 0.2) is 0 Å². The second kappa shape index (κ2) is 5.65. The van der Waals surface area contributed by atoms with Gasteiger partial charge in [0.1, 0.15) is 5.82 Å². The van der Waals surface area contributed by atoms with Crippen molar-refractivity contribution in [3.63, 3.8) is 0 Å². The Bertz CT molecular complexity index is 525. The Morgan fingerprint density at radius 1 is 1.00 bits per heavy atom. The van der Waals surface area contributed by atoms with Crippen LogP contribution >= 0.6 is 27.5 Å². The van der Waals surface area contributed by atoms with E-state index in [-0.39, 0.29) is 5.82 Å². The van der Waals surface area contributed by atoms with Gasteiger partial charge >= 0.3 is 0 Å². The SMILES string of the molecule is Fc1ccc(CCc2ccccc2Br)c(Cl)c1. The van der Waals surface area contributed by atoms with Gasteiger partial charge in [-0.3, -0.25) is 0 Å². The fourth-order valence-electron chi connectivity index (χ4n) is 1.69. The quantitative estimate of drug-likeness (QED) is 0.746. The van der Waals surface area contributed by atoms with Crippen LogP contribution in [0.4, 0.5) is 4.39 Å². The monoisotopic (exact) mass is 312 g/mol. The summed E-state index contributed by atoms with van der Waals surface area (Å²) in [6.45, 7) is 0. The molecular formula is C14H11BrClF. The van der Waals surface area contributed by atoms with Gasteiger partial charge in [0, 0.05) is 9.50 Å². The number of aryl methyl sites for hydroxylation is 2. The van der Waals surface area contributed by atoms with Gasteiger partial charge in [-0.1, -0.05) is 51.8 Å². The molecule has 3 heteroatoms. The second-order valence-electron chi connectivity index (χ2n) is 3.83. The van der Waals surface area contributed by atoms with Crippen LogP contribution in [0.5, 0.6) is 0 Å². The number of benzene rings is 2. The Morgan fingerprint density at radius 3 is 2.41 bits per heavy atom. The lowest BCUT2D eigenvalue weighted by Gasteiger charge is -2.06. The minimum Gasteiger partial charge on any atom is -0.207 e. The van der Waals surface area contributed by atoms with Gasteiger partial charge in [-0.15, -0.1) is 0 Å². The summed E-state index contributed by atoms with van der Waals surface area (Å²) in [5, 5.41) is 0.497. The Kier molecular flexibility index (Phi) is 4.19. The summed E-state index contributed by atoms with van der Waals surface area (Å²) in [4.78, 5) is 0. The third kappa shape index (κ3) is 3.30. The van der Waals surface area contributed by atoms with Crippen molar-refractivity contribution in [2.45, 2.75) is 12.8 Å². The van der Waals surface area contributed by atoms with E-state index in [1.807, 2.05) is 18.2 Å². The molecule has 0 saturated carbocycles. The van der Waals surface area contributed by atoms with Crippen LogP contribution in [-0.4, -0.2) is 0 Å². The second-order valence-corrected chi connectivity index (χ2v) is 5.09. The minimum atomic E-state index is -0.292. The molecule has 0 radical (unpaired) electrons. The Morgan fingerprint density at radius 2 is 1.71 bits per heavy atom. The van der Waals surface area contributed by atoms with Crippen molar-refractivity contribution in [3.8, 4) is 0 Å². The molecule has 0 aliphatic heterocycles. The van der Waals surface area contributed by atoms with Crippen molar-refractivity contribution in [2.75, 3.05) is 0 Å². The van der Waals surface area contributed by atoms with Crippen LogP contribution in [0, 0.1) is 5.82 Å². The maximum Gasteiger partial charge on any atom is 0.124 e. The number of rotatable bonds is 3. The summed E-state index contributed by atoms with van der Waals surface area (Å²) in [5.74, 6) is -0.292. The van der Waals surface area contributed by atoms with Crippen LogP contribution in [0.2, 0.25) is 5.02 Å². The summed E-state index contributed by atoms with van der Waals surface area (Å²) in [6.07, 6.45) is 1.69. The molecule has 0 fully saturated rings. The first-order valence-electron chi connectivity index (χ1n) is 5.34. The molecule has 0 amide bonds. The van der Waals surface area contributed by atoms with Crippen molar-refractivity contribution in [3.05, 3.63) is 68.9 Å². The molecule has 0 heterocycles. The molecule has 0 N–H and O–H groups in total. The van der Waals surface area contributed by atoms with Crippen LogP contribution < -0.4 is 0 Å². The lowest BCUT2D eigenvalue weighted by atomic mass is 10.0. The molecular weight excluding hydrogens is 303 g/mol. The number of hydrogen-bond donors (Lipinski definition) is 0. The largest absolute Gasteiger partial charge is 0.207 e. The number of hydrogen-bond acceptors (Lipinski definition) is 0. The van der Waals surface area contributed by atoms with Crippen molar-refractivity contribution in [1.82, 2.24) is 0 Å². The van der Waals surface area contributed by atoms with Crippen LogP contribution in [0.15, 0.2) is 46.9 Å². The molecule has 0 aromatic heterocycles. The highest BCUT2D eigenvalue weighted by Crippen LogP contribution is 2.22. The van der Waals surface area contributed by atoms with E-state index in [0.29, 0.717) is 5.02 Å². The van der Waals surface area contributed by atoms with E-state index < -0.39 is 0 Å². The van der Waals surface area contributed by atoms with E-state index >= 15 is 0 Å². The Labute approximate surface area is 114 Å².